The predicted octanol–water partition coefficient (Wildman–Crippen LogP) is 1.78. The van der Waals surface area contributed by atoms with E-state index in [-0.39, 0.29) is 0 Å². The van der Waals surface area contributed by atoms with E-state index in [4.69, 9.17) is 4.74 Å². The Morgan fingerprint density at radius 1 is 1.50 bits per heavy atom. The molecule has 1 N–H and O–H groups in total. The number of hydrazone groups is 1. The van der Waals surface area contributed by atoms with Crippen molar-refractivity contribution in [1.82, 2.24) is 5.43 Å². The summed E-state index contributed by atoms with van der Waals surface area (Å²) < 4.78 is 9.76. The number of amides is 1. The van der Waals surface area contributed by atoms with Crippen molar-refractivity contribution in [2.24, 2.45) is 5.10 Å². The van der Waals surface area contributed by atoms with Crippen LogP contribution in [0.1, 0.15) is 12.5 Å². The highest BCUT2D eigenvalue weighted by Gasteiger charge is 1.99. The summed E-state index contributed by atoms with van der Waals surface area (Å²) in [6.07, 6.45) is 0.920. The van der Waals surface area contributed by atoms with Gasteiger partial charge in [-0.2, -0.15) is 5.10 Å². The maximum atomic E-state index is 10.9. The molecule has 1 aromatic carbocycles. The number of hydrogen-bond acceptors (Lipinski definition) is 4. The number of carbonyl (C=O) groups excluding carboxylic acids is 1. The van der Waals surface area contributed by atoms with Crippen LogP contribution in [0.3, 0.4) is 0 Å². The average molecular weight is 222 g/mol. The molecule has 1 aromatic rings. The average Bonchev–Trinajstić information content (AvgIpc) is 2.30. The molecule has 0 aromatic heterocycles. The van der Waals surface area contributed by atoms with Gasteiger partial charge in [0.25, 0.3) is 0 Å². The zero-order chi connectivity index (χ0) is 11.8. The van der Waals surface area contributed by atoms with E-state index in [1.165, 1.54) is 6.21 Å². The van der Waals surface area contributed by atoms with Crippen molar-refractivity contribution in [3.63, 3.8) is 0 Å². The van der Waals surface area contributed by atoms with Gasteiger partial charge in [0, 0.05) is 5.56 Å². The maximum absolute atomic E-state index is 10.9. The molecule has 0 bridgehead atoms. The number of para-hydroxylation sites is 1. The lowest BCUT2D eigenvalue weighted by Crippen LogP contribution is -2.18. The van der Waals surface area contributed by atoms with Gasteiger partial charge in [-0.25, -0.2) is 10.2 Å². The fourth-order valence-electron chi connectivity index (χ4n) is 1.09. The lowest BCUT2D eigenvalue weighted by Gasteiger charge is -2.03. The van der Waals surface area contributed by atoms with Gasteiger partial charge in [-0.15, -0.1) is 0 Å². The van der Waals surface area contributed by atoms with E-state index in [1.54, 1.807) is 14.0 Å². The minimum Gasteiger partial charge on any atom is -0.496 e. The minimum atomic E-state index is -0.575. The van der Waals surface area contributed by atoms with Gasteiger partial charge in [0.05, 0.1) is 19.9 Å². The van der Waals surface area contributed by atoms with E-state index in [0.717, 1.165) is 5.56 Å². The van der Waals surface area contributed by atoms with Gasteiger partial charge in [-0.3, -0.25) is 0 Å². The first-order chi connectivity index (χ1) is 7.77. The lowest BCUT2D eigenvalue weighted by molar-refractivity contribution is 0.152. The molecule has 86 valence electrons. The summed E-state index contributed by atoms with van der Waals surface area (Å²) in [5.74, 6) is 0.692. The number of ether oxygens (including phenoxy) is 2. The van der Waals surface area contributed by atoms with Crippen LogP contribution in [0, 0.1) is 0 Å². The van der Waals surface area contributed by atoms with E-state index in [2.05, 4.69) is 15.3 Å². The molecule has 0 atom stereocenters. The molecule has 5 heteroatoms. The standard InChI is InChI=1S/C11H14N2O3/c1-3-16-11(14)13-12-8-9-6-4-5-7-10(9)15-2/h4-8H,3H2,1-2H3,(H,13,14). The molecule has 1 rings (SSSR count). The molecule has 0 aliphatic carbocycles. The van der Waals surface area contributed by atoms with Gasteiger partial charge in [-0.1, -0.05) is 12.1 Å². The second kappa shape index (κ2) is 6.44. The quantitative estimate of drug-likeness (QED) is 0.624. The van der Waals surface area contributed by atoms with Crippen LogP contribution in [0.25, 0.3) is 0 Å². The maximum Gasteiger partial charge on any atom is 0.427 e. The van der Waals surface area contributed by atoms with E-state index in [1.807, 2.05) is 24.3 Å². The largest absolute Gasteiger partial charge is 0.496 e. The summed E-state index contributed by atoms with van der Waals surface area (Å²) >= 11 is 0. The number of hydrogen-bond donors (Lipinski definition) is 1. The topological polar surface area (TPSA) is 59.9 Å². The van der Waals surface area contributed by atoms with E-state index in [0.29, 0.717) is 12.4 Å². The van der Waals surface area contributed by atoms with Gasteiger partial charge in [0.2, 0.25) is 0 Å². The number of carbonyl (C=O) groups is 1. The van der Waals surface area contributed by atoms with Crippen LogP contribution < -0.4 is 10.2 Å². The van der Waals surface area contributed by atoms with Gasteiger partial charge in [0.15, 0.2) is 0 Å². The molecule has 0 aliphatic heterocycles. The third kappa shape index (κ3) is 3.61. The molecule has 0 saturated carbocycles. The zero-order valence-electron chi connectivity index (χ0n) is 9.27. The third-order valence-corrected chi connectivity index (χ3v) is 1.77. The predicted molar refractivity (Wildman–Crippen MR) is 60.7 cm³/mol. The smallest absolute Gasteiger partial charge is 0.427 e. The van der Waals surface area contributed by atoms with Crippen molar-refractivity contribution in [2.75, 3.05) is 13.7 Å². The molecule has 1 amide bonds. The molecule has 0 heterocycles. The molecule has 0 radical (unpaired) electrons. The second-order valence-electron chi connectivity index (χ2n) is 2.83. The Labute approximate surface area is 94.1 Å². The summed E-state index contributed by atoms with van der Waals surface area (Å²) in [4.78, 5) is 10.9. The normalized spacial score (nSPS) is 10.1. The molecule has 0 saturated heterocycles. The highest BCUT2D eigenvalue weighted by Crippen LogP contribution is 2.14. The number of methoxy groups -OCH3 is 1. The molecule has 5 nitrogen and oxygen atoms in total. The summed E-state index contributed by atoms with van der Waals surface area (Å²) in [5, 5.41) is 3.74. The second-order valence-corrected chi connectivity index (χ2v) is 2.83. The fourth-order valence-corrected chi connectivity index (χ4v) is 1.09. The first kappa shape index (κ1) is 12.0. The number of benzene rings is 1. The summed E-state index contributed by atoms with van der Waals surface area (Å²) in [5.41, 5.74) is 3.02. The van der Waals surface area contributed by atoms with Crippen molar-refractivity contribution in [3.8, 4) is 5.75 Å². The molecule has 0 aliphatic rings. The highest BCUT2D eigenvalue weighted by molar-refractivity contribution is 5.84. The highest BCUT2D eigenvalue weighted by atomic mass is 16.5. The van der Waals surface area contributed by atoms with Crippen LogP contribution >= 0.6 is 0 Å². The zero-order valence-corrected chi connectivity index (χ0v) is 9.27. The van der Waals surface area contributed by atoms with Gasteiger partial charge in [-0.05, 0) is 19.1 Å². The van der Waals surface area contributed by atoms with E-state index < -0.39 is 6.09 Å². The van der Waals surface area contributed by atoms with Crippen LogP contribution in [-0.4, -0.2) is 26.0 Å². The molecule has 0 fully saturated rings. The van der Waals surface area contributed by atoms with Crippen LogP contribution in [0.15, 0.2) is 29.4 Å². The Balaban J connectivity index is 2.58. The SMILES string of the molecule is CCOC(=O)NN=Cc1ccccc1OC. The summed E-state index contributed by atoms with van der Waals surface area (Å²) in [6.45, 7) is 2.04. The molecular formula is C11H14N2O3. The number of rotatable bonds is 4. The van der Waals surface area contributed by atoms with Crippen molar-refractivity contribution in [3.05, 3.63) is 29.8 Å². The molecule has 0 unspecified atom stereocenters. The van der Waals surface area contributed by atoms with Crippen molar-refractivity contribution >= 4 is 12.3 Å². The number of nitrogens with zero attached hydrogens (tertiary/aromatic N) is 1. The molecule has 16 heavy (non-hydrogen) atoms. The summed E-state index contributed by atoms with van der Waals surface area (Å²) in [6, 6.07) is 7.35. The fraction of sp³-hybridized carbons (Fsp3) is 0.273. The molecule has 0 spiro atoms. The first-order valence-corrected chi connectivity index (χ1v) is 4.86. The van der Waals surface area contributed by atoms with E-state index in [9.17, 15) is 4.79 Å². The van der Waals surface area contributed by atoms with Crippen LogP contribution in [-0.2, 0) is 4.74 Å². The van der Waals surface area contributed by atoms with Crippen LogP contribution in [0.4, 0.5) is 4.79 Å². The number of nitrogens with one attached hydrogen (secondary N) is 1. The Bertz CT molecular complexity index is 377. The van der Waals surface area contributed by atoms with Crippen molar-refractivity contribution in [1.29, 1.82) is 0 Å². The van der Waals surface area contributed by atoms with Gasteiger partial charge >= 0.3 is 6.09 Å². The first-order valence-electron chi connectivity index (χ1n) is 4.86. The third-order valence-electron chi connectivity index (χ3n) is 1.77. The van der Waals surface area contributed by atoms with Crippen molar-refractivity contribution in [2.45, 2.75) is 6.92 Å². The van der Waals surface area contributed by atoms with E-state index >= 15 is 0 Å². The summed E-state index contributed by atoms with van der Waals surface area (Å²) in [7, 11) is 1.57. The van der Waals surface area contributed by atoms with Crippen LogP contribution in [0.5, 0.6) is 5.75 Å². The monoisotopic (exact) mass is 222 g/mol. The lowest BCUT2D eigenvalue weighted by atomic mass is 10.2. The Kier molecular flexibility index (Phi) is 4.85. The molecular weight excluding hydrogens is 208 g/mol. The van der Waals surface area contributed by atoms with Gasteiger partial charge < -0.3 is 9.47 Å². The van der Waals surface area contributed by atoms with Gasteiger partial charge in [0.1, 0.15) is 5.75 Å². The van der Waals surface area contributed by atoms with Crippen LogP contribution in [0.2, 0.25) is 0 Å². The van der Waals surface area contributed by atoms with Crippen molar-refractivity contribution < 1.29 is 14.3 Å². The Morgan fingerprint density at radius 2 is 2.25 bits per heavy atom. The Hall–Kier alpha value is -2.04. The minimum absolute atomic E-state index is 0.315. The Morgan fingerprint density at radius 3 is 2.94 bits per heavy atom.